The minimum absolute atomic E-state index is 0.0258. The SMILES string of the molecule is Cc1ccc(-c2cc(C(=O)N(C)CC(=O)NC(C)(C)C)c3ccccc3n2)o1. The summed E-state index contributed by atoms with van der Waals surface area (Å²) < 4.78 is 5.68. The molecule has 0 radical (unpaired) electrons. The molecule has 0 bridgehead atoms. The number of para-hydroxylation sites is 1. The van der Waals surface area contributed by atoms with Gasteiger partial charge in [0.25, 0.3) is 5.91 Å². The number of hydrogen-bond acceptors (Lipinski definition) is 4. The quantitative estimate of drug-likeness (QED) is 0.748. The number of aryl methyl sites for hydroxylation is 1. The Bertz CT molecular complexity index is 1030. The van der Waals surface area contributed by atoms with Crippen LogP contribution in [0.4, 0.5) is 0 Å². The maximum absolute atomic E-state index is 13.1. The topological polar surface area (TPSA) is 75.4 Å². The predicted octanol–water partition coefficient (Wildman–Crippen LogP) is 3.79. The first-order chi connectivity index (χ1) is 13.1. The largest absolute Gasteiger partial charge is 0.460 e. The number of furan rings is 1. The standard InChI is InChI=1S/C22H25N3O3/c1-14-10-11-19(28-14)18-12-16(15-8-6-7-9-17(15)23-18)21(27)25(5)13-20(26)24-22(2,3)4/h6-12H,13H2,1-5H3,(H,24,26). The summed E-state index contributed by atoms with van der Waals surface area (Å²) in [4.78, 5) is 31.4. The summed E-state index contributed by atoms with van der Waals surface area (Å²) in [6.07, 6.45) is 0. The van der Waals surface area contributed by atoms with Gasteiger partial charge in [0.15, 0.2) is 5.76 Å². The van der Waals surface area contributed by atoms with Crippen molar-refractivity contribution in [1.82, 2.24) is 15.2 Å². The predicted molar refractivity (Wildman–Crippen MR) is 109 cm³/mol. The van der Waals surface area contributed by atoms with E-state index in [1.54, 1.807) is 13.1 Å². The highest BCUT2D eigenvalue weighted by atomic mass is 16.3. The number of carbonyl (C=O) groups is 2. The molecule has 1 N–H and O–H groups in total. The van der Waals surface area contributed by atoms with Crippen LogP contribution in [0.2, 0.25) is 0 Å². The zero-order chi connectivity index (χ0) is 20.5. The van der Waals surface area contributed by atoms with E-state index in [1.807, 2.05) is 64.1 Å². The minimum atomic E-state index is -0.353. The van der Waals surface area contributed by atoms with E-state index < -0.39 is 0 Å². The molecule has 0 spiro atoms. The summed E-state index contributed by atoms with van der Waals surface area (Å²) in [5.74, 6) is 0.926. The number of carbonyl (C=O) groups excluding carboxylic acids is 2. The lowest BCUT2D eigenvalue weighted by atomic mass is 10.1. The molecule has 3 aromatic rings. The van der Waals surface area contributed by atoms with Gasteiger partial charge in [0, 0.05) is 18.0 Å². The Balaban J connectivity index is 1.96. The van der Waals surface area contributed by atoms with E-state index in [0.29, 0.717) is 22.5 Å². The number of hydrogen-bond donors (Lipinski definition) is 1. The molecule has 0 fully saturated rings. The number of pyridine rings is 1. The molecule has 2 aromatic heterocycles. The first kappa shape index (κ1) is 19.6. The fourth-order valence-electron chi connectivity index (χ4n) is 3.00. The molecule has 2 heterocycles. The van der Waals surface area contributed by atoms with Crippen molar-refractivity contribution in [3.05, 3.63) is 53.8 Å². The minimum Gasteiger partial charge on any atom is -0.460 e. The highest BCUT2D eigenvalue weighted by Crippen LogP contribution is 2.27. The van der Waals surface area contributed by atoms with E-state index >= 15 is 0 Å². The maximum atomic E-state index is 13.1. The number of nitrogens with zero attached hydrogens (tertiary/aromatic N) is 2. The average molecular weight is 379 g/mol. The number of rotatable bonds is 4. The van der Waals surface area contributed by atoms with Gasteiger partial charge in [-0.2, -0.15) is 0 Å². The third-order valence-electron chi connectivity index (χ3n) is 4.18. The molecule has 0 unspecified atom stereocenters. The summed E-state index contributed by atoms with van der Waals surface area (Å²) in [5, 5.41) is 3.61. The summed E-state index contributed by atoms with van der Waals surface area (Å²) in [7, 11) is 1.62. The number of fused-ring (bicyclic) bond motifs is 1. The summed E-state index contributed by atoms with van der Waals surface area (Å²) in [6.45, 7) is 7.54. The van der Waals surface area contributed by atoms with Crippen LogP contribution in [0.25, 0.3) is 22.4 Å². The van der Waals surface area contributed by atoms with Crippen LogP contribution in [0.15, 0.2) is 46.9 Å². The molecule has 146 valence electrons. The highest BCUT2D eigenvalue weighted by molar-refractivity contribution is 6.07. The lowest BCUT2D eigenvalue weighted by molar-refractivity contribution is -0.122. The zero-order valence-corrected chi connectivity index (χ0v) is 16.9. The molecule has 6 heteroatoms. The Kier molecular flexibility index (Phi) is 5.23. The second-order valence-electron chi connectivity index (χ2n) is 7.94. The third-order valence-corrected chi connectivity index (χ3v) is 4.18. The van der Waals surface area contributed by atoms with E-state index in [4.69, 9.17) is 4.42 Å². The Hall–Kier alpha value is -3.15. The first-order valence-corrected chi connectivity index (χ1v) is 9.17. The molecule has 0 saturated carbocycles. The van der Waals surface area contributed by atoms with Gasteiger partial charge in [-0.05, 0) is 52.0 Å². The van der Waals surface area contributed by atoms with Crippen LogP contribution >= 0.6 is 0 Å². The summed E-state index contributed by atoms with van der Waals surface area (Å²) in [5.41, 5.74) is 1.42. The second-order valence-corrected chi connectivity index (χ2v) is 7.94. The van der Waals surface area contributed by atoms with Crippen LogP contribution in [-0.4, -0.2) is 40.8 Å². The van der Waals surface area contributed by atoms with Crippen LogP contribution in [0.1, 0.15) is 36.9 Å². The zero-order valence-electron chi connectivity index (χ0n) is 16.9. The molecular weight excluding hydrogens is 354 g/mol. The van der Waals surface area contributed by atoms with Gasteiger partial charge in [0.1, 0.15) is 11.5 Å². The molecule has 0 aliphatic heterocycles. The Labute approximate surface area is 164 Å². The van der Waals surface area contributed by atoms with Crippen LogP contribution in [0, 0.1) is 6.92 Å². The number of aromatic nitrogens is 1. The van der Waals surface area contributed by atoms with Crippen LogP contribution in [-0.2, 0) is 4.79 Å². The number of nitrogens with one attached hydrogen (secondary N) is 1. The van der Waals surface area contributed by atoms with Crippen molar-refractivity contribution in [2.45, 2.75) is 33.2 Å². The van der Waals surface area contributed by atoms with Crippen molar-refractivity contribution in [2.75, 3.05) is 13.6 Å². The van der Waals surface area contributed by atoms with Crippen LogP contribution < -0.4 is 5.32 Å². The Morgan fingerprint density at radius 3 is 2.50 bits per heavy atom. The van der Waals surface area contributed by atoms with Gasteiger partial charge in [-0.25, -0.2) is 4.98 Å². The third kappa shape index (κ3) is 4.39. The van der Waals surface area contributed by atoms with Gasteiger partial charge in [0.05, 0.1) is 17.6 Å². The van der Waals surface area contributed by atoms with E-state index in [1.165, 1.54) is 4.90 Å². The summed E-state index contributed by atoms with van der Waals surface area (Å²) in [6, 6.07) is 12.9. The van der Waals surface area contributed by atoms with Gasteiger partial charge in [-0.3, -0.25) is 9.59 Å². The normalized spacial score (nSPS) is 11.5. The first-order valence-electron chi connectivity index (χ1n) is 9.17. The van der Waals surface area contributed by atoms with Crippen molar-refractivity contribution < 1.29 is 14.0 Å². The smallest absolute Gasteiger partial charge is 0.254 e. The number of benzene rings is 1. The van der Waals surface area contributed by atoms with Crippen molar-refractivity contribution in [1.29, 1.82) is 0 Å². The van der Waals surface area contributed by atoms with Gasteiger partial charge in [0.2, 0.25) is 5.91 Å². The van der Waals surface area contributed by atoms with E-state index in [-0.39, 0.29) is 23.9 Å². The van der Waals surface area contributed by atoms with Crippen LogP contribution in [0.5, 0.6) is 0 Å². The molecule has 2 amide bonds. The van der Waals surface area contributed by atoms with Gasteiger partial charge in [-0.1, -0.05) is 18.2 Å². The van der Waals surface area contributed by atoms with E-state index in [9.17, 15) is 9.59 Å². The summed E-state index contributed by atoms with van der Waals surface area (Å²) >= 11 is 0. The highest BCUT2D eigenvalue weighted by Gasteiger charge is 2.21. The average Bonchev–Trinajstić information content (AvgIpc) is 3.04. The molecule has 0 aliphatic carbocycles. The van der Waals surface area contributed by atoms with E-state index in [2.05, 4.69) is 10.3 Å². The lowest BCUT2D eigenvalue weighted by Gasteiger charge is -2.23. The van der Waals surface area contributed by atoms with Gasteiger partial charge < -0.3 is 14.6 Å². The Morgan fingerprint density at radius 1 is 1.14 bits per heavy atom. The molecule has 28 heavy (non-hydrogen) atoms. The molecular formula is C22H25N3O3. The number of amides is 2. The van der Waals surface area contributed by atoms with Crippen LogP contribution in [0.3, 0.4) is 0 Å². The molecule has 0 saturated heterocycles. The molecule has 3 rings (SSSR count). The maximum Gasteiger partial charge on any atom is 0.254 e. The van der Waals surface area contributed by atoms with Crippen molar-refractivity contribution >= 4 is 22.7 Å². The second kappa shape index (κ2) is 7.46. The van der Waals surface area contributed by atoms with E-state index in [0.717, 1.165) is 11.1 Å². The van der Waals surface area contributed by atoms with Gasteiger partial charge >= 0.3 is 0 Å². The monoisotopic (exact) mass is 379 g/mol. The lowest BCUT2D eigenvalue weighted by Crippen LogP contribution is -2.46. The Morgan fingerprint density at radius 2 is 1.86 bits per heavy atom. The molecule has 6 nitrogen and oxygen atoms in total. The van der Waals surface area contributed by atoms with Crippen molar-refractivity contribution in [2.24, 2.45) is 0 Å². The molecule has 1 aromatic carbocycles. The fraction of sp³-hybridized carbons (Fsp3) is 0.318. The van der Waals surface area contributed by atoms with Gasteiger partial charge in [-0.15, -0.1) is 0 Å². The fourth-order valence-corrected chi connectivity index (χ4v) is 3.00. The molecule has 0 atom stereocenters. The van der Waals surface area contributed by atoms with Crippen molar-refractivity contribution in [3.63, 3.8) is 0 Å². The van der Waals surface area contributed by atoms with Crippen molar-refractivity contribution in [3.8, 4) is 11.5 Å². The number of likely N-dealkylation sites (N-methyl/N-ethyl adjacent to an activating group) is 1. The molecule has 0 aliphatic rings.